The van der Waals surface area contributed by atoms with Crippen LogP contribution in [0.4, 0.5) is 0 Å². The number of carbonyl (C=O) groups is 1. The Morgan fingerprint density at radius 1 is 1.46 bits per heavy atom. The van der Waals surface area contributed by atoms with Crippen molar-refractivity contribution in [1.29, 1.82) is 0 Å². The van der Waals surface area contributed by atoms with Crippen molar-refractivity contribution >= 4 is 5.78 Å². The highest BCUT2D eigenvalue weighted by Crippen LogP contribution is 2.34. The summed E-state index contributed by atoms with van der Waals surface area (Å²) in [6, 6.07) is 5.73. The van der Waals surface area contributed by atoms with Crippen molar-refractivity contribution in [2.45, 2.75) is 19.3 Å². The summed E-state index contributed by atoms with van der Waals surface area (Å²) in [7, 11) is 1.62. The smallest absolute Gasteiger partial charge is 0.163 e. The van der Waals surface area contributed by atoms with Gasteiger partial charge in [-0.05, 0) is 23.6 Å². The van der Waals surface area contributed by atoms with Crippen LogP contribution in [0.15, 0.2) is 18.2 Å². The maximum atomic E-state index is 11.5. The Kier molecular flexibility index (Phi) is 1.83. The largest absolute Gasteiger partial charge is 0.497 e. The van der Waals surface area contributed by atoms with E-state index in [9.17, 15) is 4.79 Å². The zero-order chi connectivity index (χ0) is 9.42. The molecule has 0 radical (unpaired) electrons. The number of fused-ring (bicyclic) bond motifs is 1. The van der Waals surface area contributed by atoms with Crippen molar-refractivity contribution in [3.05, 3.63) is 29.3 Å². The van der Waals surface area contributed by atoms with Gasteiger partial charge in [-0.1, -0.05) is 13.0 Å². The number of rotatable bonds is 1. The number of ketones is 1. The van der Waals surface area contributed by atoms with E-state index in [-0.39, 0.29) is 5.78 Å². The molecule has 2 heteroatoms. The fourth-order valence-corrected chi connectivity index (χ4v) is 1.83. The summed E-state index contributed by atoms with van der Waals surface area (Å²) in [5, 5.41) is 0. The summed E-state index contributed by atoms with van der Waals surface area (Å²) in [6.45, 7) is 2.08. The van der Waals surface area contributed by atoms with E-state index >= 15 is 0 Å². The van der Waals surface area contributed by atoms with Crippen LogP contribution < -0.4 is 4.74 Å². The normalized spacial score (nSPS) is 20.2. The highest BCUT2D eigenvalue weighted by molar-refractivity contribution is 6.01. The summed E-state index contributed by atoms with van der Waals surface area (Å²) < 4.78 is 5.07. The van der Waals surface area contributed by atoms with E-state index in [0.29, 0.717) is 12.3 Å². The summed E-state index contributed by atoms with van der Waals surface area (Å²) in [6.07, 6.45) is 0.641. The minimum atomic E-state index is 0.237. The number of carbonyl (C=O) groups excluding carboxylic acids is 1. The molecule has 13 heavy (non-hydrogen) atoms. The lowest BCUT2D eigenvalue weighted by molar-refractivity contribution is 0.0990. The highest BCUT2D eigenvalue weighted by Gasteiger charge is 2.25. The third kappa shape index (κ3) is 1.22. The molecule has 0 aliphatic heterocycles. The topological polar surface area (TPSA) is 26.3 Å². The molecule has 1 aromatic carbocycles. The van der Waals surface area contributed by atoms with Gasteiger partial charge in [-0.2, -0.15) is 0 Å². The molecular weight excluding hydrogens is 164 g/mol. The van der Waals surface area contributed by atoms with Crippen LogP contribution in [0.25, 0.3) is 0 Å². The van der Waals surface area contributed by atoms with E-state index in [1.54, 1.807) is 7.11 Å². The molecule has 2 rings (SSSR count). The first-order valence-electron chi connectivity index (χ1n) is 4.43. The lowest BCUT2D eigenvalue weighted by atomic mass is 10.0. The van der Waals surface area contributed by atoms with Crippen LogP contribution in [0.2, 0.25) is 0 Å². The predicted molar refractivity (Wildman–Crippen MR) is 50.4 cm³/mol. The molecule has 1 aliphatic carbocycles. The van der Waals surface area contributed by atoms with Gasteiger partial charge in [0, 0.05) is 12.0 Å². The average Bonchev–Trinajstić information content (AvgIpc) is 2.42. The van der Waals surface area contributed by atoms with Gasteiger partial charge in [0.1, 0.15) is 5.75 Å². The molecule has 0 aromatic heterocycles. The van der Waals surface area contributed by atoms with Gasteiger partial charge in [0.2, 0.25) is 0 Å². The summed E-state index contributed by atoms with van der Waals surface area (Å²) >= 11 is 0. The predicted octanol–water partition coefficient (Wildman–Crippen LogP) is 2.39. The average molecular weight is 176 g/mol. The molecule has 0 heterocycles. The molecule has 1 aliphatic rings. The highest BCUT2D eigenvalue weighted by atomic mass is 16.5. The van der Waals surface area contributed by atoms with Crippen molar-refractivity contribution in [2.75, 3.05) is 7.11 Å². The van der Waals surface area contributed by atoms with Gasteiger partial charge < -0.3 is 4.74 Å². The molecule has 0 fully saturated rings. The number of benzene rings is 1. The summed E-state index contributed by atoms with van der Waals surface area (Å²) in [5.74, 6) is 1.37. The van der Waals surface area contributed by atoms with E-state index in [2.05, 4.69) is 6.92 Å². The van der Waals surface area contributed by atoms with Crippen LogP contribution in [0, 0.1) is 0 Å². The Balaban J connectivity index is 2.52. The molecule has 1 atom stereocenters. The number of Topliss-reactive ketones (excluding diaryl/α,β-unsaturated/α-hetero) is 1. The molecule has 0 N–H and O–H groups in total. The van der Waals surface area contributed by atoms with Gasteiger partial charge in [-0.15, -0.1) is 0 Å². The molecule has 0 amide bonds. The van der Waals surface area contributed by atoms with Crippen LogP contribution in [0.3, 0.4) is 0 Å². The lowest BCUT2D eigenvalue weighted by Crippen LogP contribution is -1.92. The third-order valence-electron chi connectivity index (χ3n) is 2.58. The van der Waals surface area contributed by atoms with Crippen molar-refractivity contribution < 1.29 is 9.53 Å². The first-order chi connectivity index (χ1) is 6.22. The molecular formula is C11H12O2. The quantitative estimate of drug-likeness (QED) is 0.656. The number of ether oxygens (including phenoxy) is 1. The Bertz CT molecular complexity index is 355. The van der Waals surface area contributed by atoms with Gasteiger partial charge in [0.15, 0.2) is 5.78 Å². The zero-order valence-electron chi connectivity index (χ0n) is 7.83. The molecule has 0 saturated heterocycles. The van der Waals surface area contributed by atoms with E-state index in [4.69, 9.17) is 4.74 Å². The number of methoxy groups -OCH3 is 1. The van der Waals surface area contributed by atoms with Crippen molar-refractivity contribution in [1.82, 2.24) is 0 Å². The van der Waals surface area contributed by atoms with Gasteiger partial charge in [0.25, 0.3) is 0 Å². The van der Waals surface area contributed by atoms with Crippen LogP contribution in [0.1, 0.15) is 35.2 Å². The van der Waals surface area contributed by atoms with E-state index < -0.39 is 0 Å². The van der Waals surface area contributed by atoms with Crippen molar-refractivity contribution in [3.63, 3.8) is 0 Å². The number of hydrogen-bond donors (Lipinski definition) is 0. The molecule has 2 nitrogen and oxygen atoms in total. The van der Waals surface area contributed by atoms with Crippen molar-refractivity contribution in [3.8, 4) is 5.75 Å². The fourth-order valence-electron chi connectivity index (χ4n) is 1.83. The molecule has 0 saturated carbocycles. The maximum Gasteiger partial charge on any atom is 0.163 e. The van der Waals surface area contributed by atoms with Gasteiger partial charge >= 0.3 is 0 Å². The second-order valence-corrected chi connectivity index (χ2v) is 3.48. The second-order valence-electron chi connectivity index (χ2n) is 3.48. The Hall–Kier alpha value is -1.31. The lowest BCUT2D eigenvalue weighted by Gasteiger charge is -2.04. The van der Waals surface area contributed by atoms with Crippen molar-refractivity contribution in [2.24, 2.45) is 0 Å². The standard InChI is InChI=1S/C11H12O2/c1-7-5-11(12)10-6-8(13-2)3-4-9(7)10/h3-4,6-7H,5H2,1-2H3/t7-/m1/s1. The fraction of sp³-hybridized carbons (Fsp3) is 0.364. The second kappa shape index (κ2) is 2.87. The Morgan fingerprint density at radius 2 is 2.23 bits per heavy atom. The summed E-state index contributed by atoms with van der Waals surface area (Å²) in [5.41, 5.74) is 2.00. The first-order valence-corrected chi connectivity index (χ1v) is 4.43. The molecule has 0 bridgehead atoms. The molecule has 0 unspecified atom stereocenters. The molecule has 0 spiro atoms. The third-order valence-corrected chi connectivity index (χ3v) is 2.58. The minimum absolute atomic E-state index is 0.237. The van der Waals surface area contributed by atoms with Crippen LogP contribution in [-0.2, 0) is 0 Å². The molecule has 68 valence electrons. The zero-order valence-corrected chi connectivity index (χ0v) is 7.83. The van der Waals surface area contributed by atoms with E-state index in [1.807, 2.05) is 18.2 Å². The minimum Gasteiger partial charge on any atom is -0.497 e. The first kappa shape index (κ1) is 8.30. The molecule has 1 aromatic rings. The van der Waals surface area contributed by atoms with Crippen LogP contribution in [0.5, 0.6) is 5.75 Å². The Labute approximate surface area is 77.5 Å². The van der Waals surface area contributed by atoms with E-state index in [0.717, 1.165) is 16.9 Å². The monoisotopic (exact) mass is 176 g/mol. The van der Waals surface area contributed by atoms with Crippen LogP contribution >= 0.6 is 0 Å². The number of hydrogen-bond acceptors (Lipinski definition) is 2. The van der Waals surface area contributed by atoms with E-state index in [1.165, 1.54) is 0 Å². The van der Waals surface area contributed by atoms with Gasteiger partial charge in [-0.25, -0.2) is 0 Å². The van der Waals surface area contributed by atoms with Gasteiger partial charge in [0.05, 0.1) is 7.11 Å². The SMILES string of the molecule is COc1ccc2c(c1)C(=O)C[C@H]2C. The van der Waals surface area contributed by atoms with Gasteiger partial charge in [-0.3, -0.25) is 4.79 Å². The summed E-state index contributed by atoms with van der Waals surface area (Å²) in [4.78, 5) is 11.5. The van der Waals surface area contributed by atoms with Crippen LogP contribution in [-0.4, -0.2) is 12.9 Å². The Morgan fingerprint density at radius 3 is 2.92 bits per heavy atom. The maximum absolute atomic E-state index is 11.5.